The molecule has 11 heteroatoms. The van der Waals surface area contributed by atoms with E-state index in [0.29, 0.717) is 23.4 Å². The molecule has 1 heterocycles. The van der Waals surface area contributed by atoms with Crippen molar-refractivity contribution in [3.63, 3.8) is 0 Å². The smallest absolute Gasteiger partial charge is 0.335 e. The molecule has 1 aromatic heterocycles. The van der Waals surface area contributed by atoms with Gasteiger partial charge < -0.3 is 32.3 Å². The number of nitrogen functional groups attached to an aromatic ring is 2. The molecule has 0 aliphatic heterocycles. The number of carbonyl (C=O) groups excluding carboxylic acids is 1. The van der Waals surface area contributed by atoms with Crippen LogP contribution >= 0.6 is 0 Å². The van der Waals surface area contributed by atoms with Gasteiger partial charge in [-0.05, 0) is 23.8 Å². The number of pyridine rings is 1. The quantitative estimate of drug-likeness (QED) is 0.0965. The van der Waals surface area contributed by atoms with Crippen molar-refractivity contribution >= 4 is 29.1 Å². The van der Waals surface area contributed by atoms with Crippen LogP contribution in [-0.4, -0.2) is 46.4 Å². The van der Waals surface area contributed by atoms with Gasteiger partial charge >= 0.3 is 5.97 Å². The van der Waals surface area contributed by atoms with Crippen molar-refractivity contribution in [1.82, 2.24) is 15.3 Å². The first-order chi connectivity index (χ1) is 17.1. The van der Waals surface area contributed by atoms with Gasteiger partial charge in [0.2, 0.25) is 11.3 Å². The van der Waals surface area contributed by atoms with Gasteiger partial charge in [-0.3, -0.25) is 15.0 Å². The third kappa shape index (κ3) is 6.27. The van der Waals surface area contributed by atoms with Crippen molar-refractivity contribution in [2.75, 3.05) is 24.8 Å². The molecule has 11 nitrogen and oxygen atoms in total. The minimum atomic E-state index is -1.16. The molecule has 0 saturated heterocycles. The van der Waals surface area contributed by atoms with E-state index in [1.807, 2.05) is 6.92 Å². The average Bonchev–Trinajstić information content (AvgIpc) is 2.84. The highest BCUT2D eigenvalue weighted by Gasteiger charge is 2.19. The van der Waals surface area contributed by atoms with Crippen LogP contribution in [-0.2, 0) is 17.8 Å². The lowest BCUT2D eigenvalue weighted by atomic mass is 9.99. The Hall–Kier alpha value is -4.64. The van der Waals surface area contributed by atoms with E-state index in [9.17, 15) is 19.5 Å². The number of carbonyl (C=O) groups is 2. The molecule has 0 unspecified atom stereocenters. The van der Waals surface area contributed by atoms with Gasteiger partial charge in [0, 0.05) is 48.7 Å². The topological polar surface area (TPSA) is 190 Å². The molecule has 36 heavy (non-hydrogen) atoms. The fraction of sp³-hybridized carbons (Fsp3) is 0.200. The van der Waals surface area contributed by atoms with Crippen LogP contribution in [0.5, 0.6) is 0 Å². The van der Waals surface area contributed by atoms with Crippen LogP contribution in [0.1, 0.15) is 34.0 Å². The van der Waals surface area contributed by atoms with Gasteiger partial charge in [0.05, 0.1) is 17.7 Å². The van der Waals surface area contributed by atoms with E-state index in [0.717, 1.165) is 5.56 Å². The number of nitrogens with one attached hydrogen (secondary N) is 4. The highest BCUT2D eigenvalue weighted by Crippen LogP contribution is 2.25. The number of hydrogen-bond acceptors (Lipinski definition) is 7. The number of H-pyrrole nitrogens is 1. The summed E-state index contributed by atoms with van der Waals surface area (Å²) in [6.07, 6.45) is 1.23. The Morgan fingerprint density at radius 3 is 2.44 bits per heavy atom. The molecule has 0 bridgehead atoms. The van der Waals surface area contributed by atoms with Crippen molar-refractivity contribution in [1.29, 1.82) is 5.41 Å². The Labute approximate surface area is 207 Å². The summed E-state index contributed by atoms with van der Waals surface area (Å²) in [7, 11) is 1.77. The van der Waals surface area contributed by atoms with Gasteiger partial charge in [0.1, 0.15) is 11.5 Å². The minimum absolute atomic E-state index is 0.0387. The van der Waals surface area contributed by atoms with Crippen LogP contribution in [0.15, 0.2) is 53.5 Å². The Morgan fingerprint density at radius 2 is 1.83 bits per heavy atom. The second-order valence-corrected chi connectivity index (χ2v) is 8.22. The average molecular weight is 492 g/mol. The molecule has 0 aliphatic carbocycles. The summed E-state index contributed by atoms with van der Waals surface area (Å²) in [5.74, 6) is -1.61. The molecule has 3 aromatic rings. The zero-order valence-corrected chi connectivity index (χ0v) is 20.0. The zero-order valence-electron chi connectivity index (χ0n) is 20.0. The van der Waals surface area contributed by atoms with Gasteiger partial charge in [-0.15, -0.1) is 0 Å². The number of nitrogens with zero attached hydrogens (tertiary/aromatic N) is 1. The van der Waals surface area contributed by atoms with E-state index in [4.69, 9.17) is 16.9 Å². The maximum atomic E-state index is 13.4. The lowest BCUT2D eigenvalue weighted by Gasteiger charge is -2.18. The summed E-state index contributed by atoms with van der Waals surface area (Å²) in [5, 5.41) is 21.4. The molecule has 0 spiro atoms. The third-order valence-corrected chi connectivity index (χ3v) is 5.55. The Balaban J connectivity index is 1.93. The molecule has 0 radical (unpaired) electrons. The monoisotopic (exact) mass is 491 g/mol. The third-order valence-electron chi connectivity index (χ3n) is 5.55. The standard InChI is InChI=1S/C25H29N7O4/c1-3-32(2)31-20-13-30-22(16-8-17(25(35)36)10-18(26)9-16)19(23(20)34)11-21(33)29-12-14-4-6-15(7-5-14)24(27)28/h4-10,13,31H,3,11-12,26H2,1-2H3,(H3,27,28)(H,29,33)(H,30,34)(H,35,36). The first-order valence-corrected chi connectivity index (χ1v) is 11.2. The van der Waals surface area contributed by atoms with Crippen molar-refractivity contribution in [3.8, 4) is 11.3 Å². The molecule has 0 saturated carbocycles. The number of carboxylic acid groups (broad SMARTS) is 1. The van der Waals surface area contributed by atoms with Gasteiger partial charge in [-0.2, -0.15) is 0 Å². The number of benzene rings is 2. The molecule has 9 N–H and O–H groups in total. The van der Waals surface area contributed by atoms with E-state index in [1.54, 1.807) is 42.4 Å². The summed E-state index contributed by atoms with van der Waals surface area (Å²) in [4.78, 5) is 40.8. The summed E-state index contributed by atoms with van der Waals surface area (Å²) < 4.78 is 0. The van der Waals surface area contributed by atoms with E-state index in [1.165, 1.54) is 18.3 Å². The number of amidine groups is 1. The number of anilines is 2. The van der Waals surface area contributed by atoms with Gasteiger partial charge in [0.25, 0.3) is 0 Å². The lowest BCUT2D eigenvalue weighted by molar-refractivity contribution is -0.120. The maximum absolute atomic E-state index is 13.4. The SMILES string of the molecule is CCN(C)Nc1c[nH]c(-c2cc(N)cc(C(=O)O)c2)c(CC(=O)NCc2ccc(C(=N)N)cc2)c1=O. The van der Waals surface area contributed by atoms with Crippen LogP contribution in [0, 0.1) is 5.41 Å². The summed E-state index contributed by atoms with van der Waals surface area (Å²) in [6, 6.07) is 11.1. The Bertz CT molecular complexity index is 1350. The first-order valence-electron chi connectivity index (χ1n) is 11.2. The van der Waals surface area contributed by atoms with E-state index in [2.05, 4.69) is 15.7 Å². The molecular weight excluding hydrogens is 462 g/mol. The second-order valence-electron chi connectivity index (χ2n) is 8.22. The summed E-state index contributed by atoms with van der Waals surface area (Å²) in [6.45, 7) is 2.74. The molecule has 1 amide bonds. The predicted molar refractivity (Wildman–Crippen MR) is 139 cm³/mol. The molecule has 0 aliphatic rings. The summed E-state index contributed by atoms with van der Waals surface area (Å²) >= 11 is 0. The molecule has 2 aromatic carbocycles. The van der Waals surface area contributed by atoms with E-state index in [-0.39, 0.29) is 41.3 Å². The van der Waals surface area contributed by atoms with E-state index < -0.39 is 17.3 Å². The van der Waals surface area contributed by atoms with Crippen molar-refractivity contribution in [2.45, 2.75) is 19.9 Å². The lowest BCUT2D eigenvalue weighted by Crippen LogP contribution is -2.31. The highest BCUT2D eigenvalue weighted by molar-refractivity contribution is 5.95. The van der Waals surface area contributed by atoms with Crippen molar-refractivity contribution in [3.05, 3.63) is 81.1 Å². The molecular formula is C25H29N7O4. The van der Waals surface area contributed by atoms with E-state index >= 15 is 0 Å². The number of nitrogens with two attached hydrogens (primary N) is 2. The predicted octanol–water partition coefficient (Wildman–Crippen LogP) is 1.74. The number of carboxylic acids is 1. The Morgan fingerprint density at radius 1 is 1.14 bits per heavy atom. The Kier molecular flexibility index (Phi) is 8.07. The largest absolute Gasteiger partial charge is 0.478 e. The number of hydrogen-bond donors (Lipinski definition) is 7. The number of amides is 1. The second kappa shape index (κ2) is 11.2. The van der Waals surface area contributed by atoms with Gasteiger partial charge in [-0.1, -0.05) is 31.2 Å². The fourth-order valence-corrected chi connectivity index (χ4v) is 3.51. The van der Waals surface area contributed by atoms with Crippen LogP contribution < -0.4 is 27.6 Å². The van der Waals surface area contributed by atoms with Crippen molar-refractivity contribution in [2.24, 2.45) is 5.73 Å². The number of hydrazine groups is 1. The molecule has 0 fully saturated rings. The van der Waals surface area contributed by atoms with Crippen LogP contribution in [0.4, 0.5) is 11.4 Å². The van der Waals surface area contributed by atoms with Crippen LogP contribution in [0.3, 0.4) is 0 Å². The van der Waals surface area contributed by atoms with Crippen molar-refractivity contribution < 1.29 is 14.7 Å². The maximum Gasteiger partial charge on any atom is 0.335 e. The molecule has 3 rings (SSSR count). The first kappa shape index (κ1) is 26.0. The number of rotatable bonds is 10. The zero-order chi connectivity index (χ0) is 26.4. The van der Waals surface area contributed by atoms with Gasteiger partial charge in [-0.25, -0.2) is 9.80 Å². The highest BCUT2D eigenvalue weighted by atomic mass is 16.4. The molecule has 0 atom stereocenters. The fourth-order valence-electron chi connectivity index (χ4n) is 3.51. The van der Waals surface area contributed by atoms with Crippen LogP contribution in [0.2, 0.25) is 0 Å². The van der Waals surface area contributed by atoms with Gasteiger partial charge in [0.15, 0.2) is 0 Å². The molecule has 188 valence electrons. The van der Waals surface area contributed by atoms with Crippen LogP contribution in [0.25, 0.3) is 11.3 Å². The number of aromatic amines is 1. The minimum Gasteiger partial charge on any atom is -0.478 e. The summed E-state index contributed by atoms with van der Waals surface area (Å²) in [5.41, 5.74) is 16.6. The number of aromatic carboxylic acids is 1. The number of aromatic nitrogens is 1. The normalized spacial score (nSPS) is 10.8.